The summed E-state index contributed by atoms with van der Waals surface area (Å²) in [5.41, 5.74) is 0. The van der Waals surface area contributed by atoms with E-state index in [1.807, 2.05) is 24.3 Å². The first kappa shape index (κ1) is 22.7. The van der Waals surface area contributed by atoms with Crippen molar-refractivity contribution < 1.29 is 24.2 Å². The third-order valence-electron chi connectivity index (χ3n) is 5.89. The fourth-order valence-corrected chi connectivity index (χ4v) is 5.05. The Kier molecular flexibility index (Phi) is 8.63. The number of rotatable bonds is 12. The number of hydrogen-bond acceptors (Lipinski definition) is 5. The Hall–Kier alpha value is -1.99. The fourth-order valence-electron chi connectivity index (χ4n) is 4.33. The number of aliphatic carboxylic acids is 1. The van der Waals surface area contributed by atoms with Gasteiger partial charge in [-0.3, -0.25) is 9.59 Å². The first-order chi connectivity index (χ1) is 14.6. The maximum Gasteiger partial charge on any atom is 0.303 e. The van der Waals surface area contributed by atoms with Gasteiger partial charge in [-0.05, 0) is 62.3 Å². The summed E-state index contributed by atoms with van der Waals surface area (Å²) >= 11 is 1.52. The molecule has 30 heavy (non-hydrogen) atoms. The van der Waals surface area contributed by atoms with Gasteiger partial charge in [0.2, 0.25) is 5.91 Å². The highest BCUT2D eigenvalue weighted by Crippen LogP contribution is 2.44. The average molecular weight is 434 g/mol. The third kappa shape index (κ3) is 6.51. The molecule has 2 heterocycles. The summed E-state index contributed by atoms with van der Waals surface area (Å²) in [6.45, 7) is 0.653. The largest absolute Gasteiger partial charge is 0.497 e. The maximum atomic E-state index is 12.3. The molecule has 1 aromatic carbocycles. The molecule has 2 aliphatic heterocycles. The molecule has 1 unspecified atom stereocenters. The highest BCUT2D eigenvalue weighted by Gasteiger charge is 2.47. The Morgan fingerprint density at radius 2 is 1.93 bits per heavy atom. The summed E-state index contributed by atoms with van der Waals surface area (Å²) in [7, 11) is 1.64. The topological polar surface area (TPSA) is 84.9 Å². The van der Waals surface area contributed by atoms with E-state index in [-0.39, 0.29) is 24.5 Å². The Labute approximate surface area is 182 Å². The van der Waals surface area contributed by atoms with Gasteiger partial charge in [0.05, 0.1) is 25.1 Å². The van der Waals surface area contributed by atoms with Crippen molar-refractivity contribution in [3.05, 3.63) is 36.4 Å². The maximum absolute atomic E-state index is 12.3. The van der Waals surface area contributed by atoms with Gasteiger partial charge in [0.15, 0.2) is 0 Å². The van der Waals surface area contributed by atoms with E-state index < -0.39 is 5.97 Å². The van der Waals surface area contributed by atoms with Gasteiger partial charge in [-0.25, -0.2) is 0 Å². The molecule has 3 rings (SSSR count). The second kappa shape index (κ2) is 11.4. The first-order valence-electron chi connectivity index (χ1n) is 10.6. The smallest absolute Gasteiger partial charge is 0.303 e. The number of amides is 1. The van der Waals surface area contributed by atoms with Crippen LogP contribution in [-0.4, -0.2) is 48.6 Å². The van der Waals surface area contributed by atoms with Crippen molar-refractivity contribution in [1.29, 1.82) is 0 Å². The number of nitrogens with one attached hydrogen (secondary N) is 1. The zero-order chi connectivity index (χ0) is 21.3. The van der Waals surface area contributed by atoms with Gasteiger partial charge in [0.25, 0.3) is 0 Å². The molecular weight excluding hydrogens is 402 g/mol. The van der Waals surface area contributed by atoms with E-state index in [0.717, 1.165) is 36.3 Å². The van der Waals surface area contributed by atoms with Crippen LogP contribution in [-0.2, 0) is 14.3 Å². The Bertz CT molecular complexity index is 736. The van der Waals surface area contributed by atoms with Crippen LogP contribution in [0.4, 0.5) is 0 Å². The molecule has 0 saturated carbocycles. The van der Waals surface area contributed by atoms with Crippen LogP contribution in [0.2, 0.25) is 0 Å². The van der Waals surface area contributed by atoms with Crippen molar-refractivity contribution >= 4 is 23.6 Å². The van der Waals surface area contributed by atoms with Gasteiger partial charge in [0, 0.05) is 23.8 Å². The zero-order valence-electron chi connectivity index (χ0n) is 17.4. The lowest BCUT2D eigenvalue weighted by Crippen LogP contribution is -2.38. The quantitative estimate of drug-likeness (QED) is 0.295. The van der Waals surface area contributed by atoms with Gasteiger partial charge in [-0.1, -0.05) is 12.2 Å². The molecular formula is C23H31NO5S. The molecule has 2 N–H and O–H groups in total. The number of benzene rings is 1. The molecule has 2 fully saturated rings. The Morgan fingerprint density at radius 3 is 2.63 bits per heavy atom. The lowest BCUT2D eigenvalue weighted by atomic mass is 9.77. The van der Waals surface area contributed by atoms with Crippen LogP contribution in [0.1, 0.15) is 38.5 Å². The van der Waals surface area contributed by atoms with Gasteiger partial charge in [-0.15, -0.1) is 11.8 Å². The number of thioether (sulfide) groups is 1. The molecule has 1 amide bonds. The molecule has 6 nitrogen and oxygen atoms in total. The molecule has 0 aliphatic carbocycles. The van der Waals surface area contributed by atoms with Crippen LogP contribution in [0, 0.1) is 11.8 Å². The SMILES string of the molecule is COc1ccc(SCC(=O)NCC2[C@@H](C/C=C\CCCC(=O)O)[C@@H]3CC[C@H]2O3)cc1. The van der Waals surface area contributed by atoms with Crippen molar-refractivity contribution in [2.75, 3.05) is 19.4 Å². The lowest BCUT2D eigenvalue weighted by Gasteiger charge is -2.27. The summed E-state index contributed by atoms with van der Waals surface area (Å²) in [6, 6.07) is 7.71. The minimum atomic E-state index is -0.745. The number of allylic oxidation sites excluding steroid dienone is 2. The molecule has 2 aliphatic rings. The van der Waals surface area contributed by atoms with E-state index in [1.54, 1.807) is 7.11 Å². The number of methoxy groups -OCH3 is 1. The predicted octanol–water partition coefficient (Wildman–Crippen LogP) is 3.90. The molecule has 4 atom stereocenters. The molecule has 164 valence electrons. The van der Waals surface area contributed by atoms with Crippen molar-refractivity contribution in [3.8, 4) is 5.75 Å². The van der Waals surface area contributed by atoms with Crippen LogP contribution in [0.5, 0.6) is 5.75 Å². The van der Waals surface area contributed by atoms with E-state index in [0.29, 0.717) is 30.6 Å². The lowest BCUT2D eigenvalue weighted by molar-refractivity contribution is -0.137. The number of hydrogen-bond donors (Lipinski definition) is 2. The highest BCUT2D eigenvalue weighted by atomic mass is 32.2. The second-order valence-corrected chi connectivity index (χ2v) is 8.93. The number of carboxylic acid groups (broad SMARTS) is 1. The van der Waals surface area contributed by atoms with Crippen molar-refractivity contribution in [3.63, 3.8) is 0 Å². The molecule has 0 spiro atoms. The van der Waals surface area contributed by atoms with Crippen molar-refractivity contribution in [2.24, 2.45) is 11.8 Å². The zero-order valence-corrected chi connectivity index (χ0v) is 18.2. The highest BCUT2D eigenvalue weighted by molar-refractivity contribution is 8.00. The van der Waals surface area contributed by atoms with Gasteiger partial charge in [-0.2, -0.15) is 0 Å². The first-order valence-corrected chi connectivity index (χ1v) is 11.6. The van der Waals surface area contributed by atoms with Crippen LogP contribution in [0.15, 0.2) is 41.3 Å². The average Bonchev–Trinajstić information content (AvgIpc) is 3.35. The molecule has 2 saturated heterocycles. The number of carboxylic acids is 1. The van der Waals surface area contributed by atoms with Crippen LogP contribution < -0.4 is 10.1 Å². The molecule has 2 bridgehead atoms. The number of unbranched alkanes of at least 4 members (excludes halogenated alkanes) is 1. The number of fused-ring (bicyclic) bond motifs is 2. The van der Waals surface area contributed by atoms with Crippen molar-refractivity contribution in [2.45, 2.75) is 55.6 Å². The standard InChI is InChI=1S/C23H31NO5S/c1-28-16-8-10-17(11-9-16)30-15-22(25)24-14-19-18(20-12-13-21(19)29-20)6-4-2-3-5-7-23(26)27/h2,4,8-11,18-21H,3,5-7,12-15H2,1H3,(H,24,25)(H,26,27)/b4-2-/t18-,19?,20+,21-/m1/s1. The Morgan fingerprint density at radius 1 is 1.20 bits per heavy atom. The predicted molar refractivity (Wildman–Crippen MR) is 117 cm³/mol. The number of carbonyl (C=O) groups is 2. The number of carbonyl (C=O) groups excluding carboxylic acids is 1. The van der Waals surface area contributed by atoms with E-state index in [9.17, 15) is 9.59 Å². The third-order valence-corrected chi connectivity index (χ3v) is 6.90. The fraction of sp³-hybridized carbons (Fsp3) is 0.565. The van der Waals surface area contributed by atoms with Crippen LogP contribution in [0.3, 0.4) is 0 Å². The van der Waals surface area contributed by atoms with Crippen LogP contribution in [0.25, 0.3) is 0 Å². The minimum absolute atomic E-state index is 0.0431. The minimum Gasteiger partial charge on any atom is -0.497 e. The van der Waals surface area contributed by atoms with Gasteiger partial charge in [0.1, 0.15) is 5.75 Å². The molecule has 0 aromatic heterocycles. The summed E-state index contributed by atoms with van der Waals surface area (Å²) < 4.78 is 11.3. The monoisotopic (exact) mass is 433 g/mol. The van der Waals surface area contributed by atoms with Crippen LogP contribution >= 0.6 is 11.8 Å². The normalized spacial score (nSPS) is 25.0. The summed E-state index contributed by atoms with van der Waals surface area (Å²) in [6.07, 6.45) is 9.54. The van der Waals surface area contributed by atoms with E-state index >= 15 is 0 Å². The summed E-state index contributed by atoms with van der Waals surface area (Å²) in [4.78, 5) is 23.9. The van der Waals surface area contributed by atoms with E-state index in [2.05, 4.69) is 17.5 Å². The molecule has 1 aromatic rings. The van der Waals surface area contributed by atoms with Gasteiger partial charge < -0.3 is 19.9 Å². The van der Waals surface area contributed by atoms with E-state index in [4.69, 9.17) is 14.6 Å². The summed E-state index contributed by atoms with van der Waals surface area (Å²) in [5.74, 6) is 1.27. The second-order valence-electron chi connectivity index (χ2n) is 7.88. The van der Waals surface area contributed by atoms with E-state index in [1.165, 1.54) is 11.8 Å². The molecule has 0 radical (unpaired) electrons. The van der Waals surface area contributed by atoms with Crippen molar-refractivity contribution in [1.82, 2.24) is 5.32 Å². The number of ether oxygens (including phenoxy) is 2. The molecule has 7 heteroatoms. The Balaban J connectivity index is 1.40. The van der Waals surface area contributed by atoms with Gasteiger partial charge >= 0.3 is 5.97 Å². The summed E-state index contributed by atoms with van der Waals surface area (Å²) in [5, 5.41) is 11.8.